The number of fused-ring (bicyclic) bond motifs is 1. The van der Waals surface area contributed by atoms with Crippen LogP contribution in [0.2, 0.25) is 0 Å². The van der Waals surface area contributed by atoms with Crippen LogP contribution in [0.1, 0.15) is 12.0 Å². The molecule has 1 aliphatic heterocycles. The predicted molar refractivity (Wildman–Crippen MR) is 61.3 cm³/mol. The van der Waals surface area contributed by atoms with Gasteiger partial charge in [0, 0.05) is 19.1 Å². The van der Waals surface area contributed by atoms with Crippen LogP contribution in [0, 0.1) is 11.8 Å². The van der Waals surface area contributed by atoms with E-state index < -0.39 is 0 Å². The van der Waals surface area contributed by atoms with Gasteiger partial charge in [-0.05, 0) is 30.4 Å². The van der Waals surface area contributed by atoms with E-state index in [0.717, 1.165) is 18.4 Å². The number of rotatable bonds is 2. The maximum absolute atomic E-state index is 6.00. The molecule has 0 aromatic heterocycles. The Morgan fingerprint density at radius 3 is 2.73 bits per heavy atom. The average molecular weight is 202 g/mol. The van der Waals surface area contributed by atoms with Gasteiger partial charge in [-0.3, -0.25) is 4.90 Å². The summed E-state index contributed by atoms with van der Waals surface area (Å²) in [5.41, 5.74) is 7.42. The van der Waals surface area contributed by atoms with E-state index in [2.05, 4.69) is 35.2 Å². The molecule has 1 saturated carbocycles. The number of piperidine rings is 1. The lowest BCUT2D eigenvalue weighted by atomic mass is 10.1. The summed E-state index contributed by atoms with van der Waals surface area (Å²) in [5.74, 6) is 1.64. The molecular formula is C13H18N2. The number of nitrogens with zero attached hydrogens (tertiary/aromatic N) is 1. The summed E-state index contributed by atoms with van der Waals surface area (Å²) in [5, 5.41) is 0. The third-order valence-corrected chi connectivity index (χ3v) is 3.89. The Labute approximate surface area is 91.1 Å². The van der Waals surface area contributed by atoms with E-state index in [4.69, 9.17) is 5.73 Å². The third kappa shape index (κ3) is 1.80. The molecule has 2 nitrogen and oxygen atoms in total. The van der Waals surface area contributed by atoms with Gasteiger partial charge in [0.05, 0.1) is 0 Å². The molecule has 80 valence electrons. The van der Waals surface area contributed by atoms with Crippen molar-refractivity contribution < 1.29 is 0 Å². The minimum Gasteiger partial charge on any atom is -0.327 e. The second kappa shape index (κ2) is 3.62. The largest absolute Gasteiger partial charge is 0.327 e. The second-order valence-electron chi connectivity index (χ2n) is 4.91. The fraction of sp³-hybridized carbons (Fsp3) is 0.538. The van der Waals surface area contributed by atoms with E-state index in [1.165, 1.54) is 25.1 Å². The summed E-state index contributed by atoms with van der Waals surface area (Å²) in [4.78, 5) is 2.54. The van der Waals surface area contributed by atoms with Crippen molar-refractivity contribution in [2.75, 3.05) is 13.1 Å². The Bertz CT molecular complexity index is 336. The second-order valence-corrected chi connectivity index (χ2v) is 4.91. The van der Waals surface area contributed by atoms with Gasteiger partial charge in [-0.15, -0.1) is 0 Å². The molecule has 3 unspecified atom stereocenters. The van der Waals surface area contributed by atoms with Crippen molar-refractivity contribution in [2.45, 2.75) is 19.0 Å². The molecule has 3 rings (SSSR count). The summed E-state index contributed by atoms with van der Waals surface area (Å²) < 4.78 is 0. The molecule has 1 heterocycles. The standard InChI is InChI=1S/C13H18N2/c14-13-11-6-7-15(9-12(11)13)8-10-4-2-1-3-5-10/h1-5,11-13H,6-9,14H2. The molecule has 0 bridgehead atoms. The van der Waals surface area contributed by atoms with Crippen LogP contribution >= 0.6 is 0 Å². The highest BCUT2D eigenvalue weighted by Crippen LogP contribution is 2.43. The summed E-state index contributed by atoms with van der Waals surface area (Å²) >= 11 is 0. The smallest absolute Gasteiger partial charge is 0.0233 e. The molecular weight excluding hydrogens is 184 g/mol. The van der Waals surface area contributed by atoms with Gasteiger partial charge < -0.3 is 5.73 Å². The zero-order valence-electron chi connectivity index (χ0n) is 8.97. The quantitative estimate of drug-likeness (QED) is 0.787. The average Bonchev–Trinajstić information content (AvgIpc) is 2.91. The van der Waals surface area contributed by atoms with Gasteiger partial charge >= 0.3 is 0 Å². The minimum atomic E-state index is 0.505. The van der Waals surface area contributed by atoms with Gasteiger partial charge in [0.15, 0.2) is 0 Å². The number of nitrogens with two attached hydrogens (primary N) is 1. The van der Waals surface area contributed by atoms with E-state index in [-0.39, 0.29) is 0 Å². The fourth-order valence-corrected chi connectivity index (χ4v) is 2.84. The van der Waals surface area contributed by atoms with Crippen LogP contribution in [0.5, 0.6) is 0 Å². The minimum absolute atomic E-state index is 0.505. The van der Waals surface area contributed by atoms with Crippen molar-refractivity contribution in [3.05, 3.63) is 35.9 Å². The fourth-order valence-electron chi connectivity index (χ4n) is 2.84. The first kappa shape index (κ1) is 9.37. The molecule has 1 saturated heterocycles. The highest BCUT2D eigenvalue weighted by atomic mass is 15.2. The van der Waals surface area contributed by atoms with E-state index in [1.807, 2.05) is 0 Å². The summed E-state index contributed by atoms with van der Waals surface area (Å²) in [7, 11) is 0. The maximum Gasteiger partial charge on any atom is 0.0233 e. The van der Waals surface area contributed by atoms with Gasteiger partial charge in [-0.25, -0.2) is 0 Å². The van der Waals surface area contributed by atoms with Crippen LogP contribution in [0.4, 0.5) is 0 Å². The van der Waals surface area contributed by atoms with Crippen LogP contribution in [-0.4, -0.2) is 24.0 Å². The maximum atomic E-state index is 6.00. The lowest BCUT2D eigenvalue weighted by Gasteiger charge is -2.25. The Morgan fingerprint density at radius 1 is 1.20 bits per heavy atom. The zero-order valence-corrected chi connectivity index (χ0v) is 8.97. The van der Waals surface area contributed by atoms with E-state index >= 15 is 0 Å². The number of likely N-dealkylation sites (tertiary alicyclic amines) is 1. The van der Waals surface area contributed by atoms with Crippen molar-refractivity contribution in [3.8, 4) is 0 Å². The highest BCUT2D eigenvalue weighted by molar-refractivity contribution is 5.15. The van der Waals surface area contributed by atoms with Crippen molar-refractivity contribution in [1.82, 2.24) is 4.90 Å². The first-order chi connectivity index (χ1) is 7.34. The summed E-state index contributed by atoms with van der Waals surface area (Å²) in [6.45, 7) is 3.53. The first-order valence-electron chi connectivity index (χ1n) is 5.86. The lowest BCUT2D eigenvalue weighted by Crippen LogP contribution is -2.30. The van der Waals surface area contributed by atoms with E-state index in [9.17, 15) is 0 Å². The van der Waals surface area contributed by atoms with Gasteiger partial charge in [0.1, 0.15) is 0 Å². The third-order valence-electron chi connectivity index (χ3n) is 3.89. The first-order valence-corrected chi connectivity index (χ1v) is 5.86. The SMILES string of the molecule is NC1C2CCN(Cc3ccccc3)CC12. The monoisotopic (exact) mass is 202 g/mol. The molecule has 2 N–H and O–H groups in total. The Balaban J connectivity index is 1.61. The zero-order chi connectivity index (χ0) is 10.3. The highest BCUT2D eigenvalue weighted by Gasteiger charge is 2.49. The molecule has 2 fully saturated rings. The molecule has 1 aliphatic carbocycles. The van der Waals surface area contributed by atoms with E-state index in [1.54, 1.807) is 0 Å². The molecule has 2 aliphatic rings. The van der Waals surface area contributed by atoms with Gasteiger partial charge in [-0.2, -0.15) is 0 Å². The van der Waals surface area contributed by atoms with Crippen molar-refractivity contribution in [3.63, 3.8) is 0 Å². The number of hydrogen-bond donors (Lipinski definition) is 1. The molecule has 2 heteroatoms. The Kier molecular flexibility index (Phi) is 2.26. The molecule has 15 heavy (non-hydrogen) atoms. The van der Waals surface area contributed by atoms with Crippen LogP contribution in [0.3, 0.4) is 0 Å². The molecule has 0 amide bonds. The Morgan fingerprint density at radius 2 is 2.00 bits per heavy atom. The van der Waals surface area contributed by atoms with Crippen LogP contribution in [0.15, 0.2) is 30.3 Å². The number of hydrogen-bond acceptors (Lipinski definition) is 2. The van der Waals surface area contributed by atoms with Crippen LogP contribution in [-0.2, 0) is 6.54 Å². The normalized spacial score (nSPS) is 34.9. The molecule has 0 spiro atoms. The van der Waals surface area contributed by atoms with Crippen molar-refractivity contribution >= 4 is 0 Å². The van der Waals surface area contributed by atoms with Crippen molar-refractivity contribution in [2.24, 2.45) is 17.6 Å². The number of benzene rings is 1. The topological polar surface area (TPSA) is 29.3 Å². The van der Waals surface area contributed by atoms with Crippen LogP contribution in [0.25, 0.3) is 0 Å². The van der Waals surface area contributed by atoms with Gasteiger partial charge in [0.25, 0.3) is 0 Å². The summed E-state index contributed by atoms with van der Waals surface area (Å²) in [6.07, 6.45) is 1.30. The van der Waals surface area contributed by atoms with Crippen LogP contribution < -0.4 is 5.73 Å². The van der Waals surface area contributed by atoms with Gasteiger partial charge in [0.2, 0.25) is 0 Å². The summed E-state index contributed by atoms with van der Waals surface area (Å²) in [6, 6.07) is 11.2. The van der Waals surface area contributed by atoms with E-state index in [0.29, 0.717) is 6.04 Å². The Hall–Kier alpha value is -0.860. The lowest BCUT2D eigenvalue weighted by molar-refractivity contribution is 0.211. The van der Waals surface area contributed by atoms with Crippen molar-refractivity contribution in [1.29, 1.82) is 0 Å². The predicted octanol–water partition coefficient (Wildman–Crippen LogP) is 1.47. The molecule has 1 aromatic carbocycles. The molecule has 0 radical (unpaired) electrons. The molecule has 3 atom stereocenters. The van der Waals surface area contributed by atoms with Gasteiger partial charge in [-0.1, -0.05) is 30.3 Å². The molecule has 1 aromatic rings.